The Kier molecular flexibility index (Phi) is 4.73. The molecule has 0 unspecified atom stereocenters. The monoisotopic (exact) mass is 420 g/mol. The van der Waals surface area contributed by atoms with Crippen molar-refractivity contribution in [2.24, 2.45) is 0 Å². The first kappa shape index (κ1) is 17.4. The van der Waals surface area contributed by atoms with Gasteiger partial charge in [-0.15, -0.1) is 0 Å². The smallest absolute Gasteiger partial charge is 0.292 e. The van der Waals surface area contributed by atoms with Gasteiger partial charge in [0.15, 0.2) is 5.76 Å². The van der Waals surface area contributed by atoms with E-state index in [-0.39, 0.29) is 15.7 Å². The number of carbonyl (C=O) groups excluding carboxylic acids is 1. The molecule has 0 spiro atoms. The number of hydrogen-bond donors (Lipinski definition) is 1. The minimum Gasteiger partial charge on any atom is -0.439 e. The van der Waals surface area contributed by atoms with E-state index < -0.39 is 15.7 Å². The molecule has 0 aliphatic rings. The Morgan fingerprint density at radius 3 is 2.48 bits per heavy atom. The number of amides is 1. The van der Waals surface area contributed by atoms with Gasteiger partial charge in [-0.3, -0.25) is 4.79 Å². The van der Waals surface area contributed by atoms with E-state index >= 15 is 0 Å². The SMILES string of the molecule is Cc1cccc(NC(=O)c2ccc(S(=O)(=O)c3ccc(Br)cc3)o2)n1. The second-order valence-corrected chi connectivity index (χ2v) is 7.99. The predicted molar refractivity (Wildman–Crippen MR) is 95.2 cm³/mol. The Labute approximate surface area is 152 Å². The van der Waals surface area contributed by atoms with Crippen molar-refractivity contribution < 1.29 is 17.6 Å². The number of hydrogen-bond acceptors (Lipinski definition) is 5. The molecular weight excluding hydrogens is 408 g/mol. The molecule has 3 rings (SSSR count). The molecule has 1 aromatic carbocycles. The molecule has 0 bridgehead atoms. The zero-order chi connectivity index (χ0) is 18.0. The van der Waals surface area contributed by atoms with E-state index in [1.807, 2.05) is 0 Å². The molecule has 0 saturated carbocycles. The maximum atomic E-state index is 12.5. The molecule has 25 heavy (non-hydrogen) atoms. The summed E-state index contributed by atoms with van der Waals surface area (Å²) in [4.78, 5) is 16.4. The van der Waals surface area contributed by atoms with Crippen LogP contribution in [0.5, 0.6) is 0 Å². The third kappa shape index (κ3) is 3.80. The molecule has 3 aromatic rings. The molecule has 2 heterocycles. The standard InChI is InChI=1S/C17H13BrN2O4S/c1-11-3-2-4-15(19-11)20-17(21)14-9-10-16(24-14)25(22,23)13-7-5-12(18)6-8-13/h2-10H,1H3,(H,19,20,21). The van der Waals surface area contributed by atoms with Gasteiger partial charge in [0.25, 0.3) is 5.91 Å². The highest BCUT2D eigenvalue weighted by Crippen LogP contribution is 2.24. The van der Waals surface area contributed by atoms with Crippen LogP contribution in [0.15, 0.2) is 73.5 Å². The molecule has 6 nitrogen and oxygen atoms in total. The van der Waals surface area contributed by atoms with Crippen LogP contribution in [0.1, 0.15) is 16.2 Å². The lowest BCUT2D eigenvalue weighted by atomic mass is 10.3. The summed E-state index contributed by atoms with van der Waals surface area (Å²) in [6.07, 6.45) is 0. The van der Waals surface area contributed by atoms with Gasteiger partial charge in [-0.25, -0.2) is 13.4 Å². The number of anilines is 1. The lowest BCUT2D eigenvalue weighted by Crippen LogP contribution is -2.12. The van der Waals surface area contributed by atoms with Crippen molar-refractivity contribution in [3.63, 3.8) is 0 Å². The fourth-order valence-corrected chi connectivity index (χ4v) is 3.54. The second kappa shape index (κ2) is 6.81. The molecule has 0 atom stereocenters. The number of nitrogens with one attached hydrogen (secondary N) is 1. The van der Waals surface area contributed by atoms with Gasteiger partial charge in [0.2, 0.25) is 14.9 Å². The first-order valence-corrected chi connectivity index (χ1v) is 9.49. The van der Waals surface area contributed by atoms with E-state index in [1.54, 1.807) is 37.3 Å². The van der Waals surface area contributed by atoms with Crippen LogP contribution in [0.25, 0.3) is 0 Å². The van der Waals surface area contributed by atoms with E-state index in [0.29, 0.717) is 5.82 Å². The third-order valence-corrected chi connectivity index (χ3v) is 5.49. The molecule has 128 valence electrons. The summed E-state index contributed by atoms with van der Waals surface area (Å²) in [5.41, 5.74) is 0.746. The topological polar surface area (TPSA) is 89.3 Å². The number of aryl methyl sites for hydroxylation is 1. The third-order valence-electron chi connectivity index (χ3n) is 3.32. The fraction of sp³-hybridized carbons (Fsp3) is 0.0588. The molecule has 1 N–H and O–H groups in total. The summed E-state index contributed by atoms with van der Waals surface area (Å²) >= 11 is 3.25. The summed E-state index contributed by atoms with van der Waals surface area (Å²) in [6.45, 7) is 1.80. The van der Waals surface area contributed by atoms with E-state index in [2.05, 4.69) is 26.2 Å². The minimum absolute atomic E-state index is 0.0809. The first-order chi connectivity index (χ1) is 11.9. The molecule has 1 amide bonds. The van der Waals surface area contributed by atoms with Crippen LogP contribution in [0.2, 0.25) is 0 Å². The highest BCUT2D eigenvalue weighted by Gasteiger charge is 2.23. The van der Waals surface area contributed by atoms with Crippen molar-refractivity contribution in [3.8, 4) is 0 Å². The Morgan fingerprint density at radius 2 is 1.80 bits per heavy atom. The summed E-state index contributed by atoms with van der Waals surface area (Å²) in [5, 5.41) is 2.27. The second-order valence-electron chi connectivity index (χ2n) is 5.19. The molecule has 2 aromatic heterocycles. The molecule has 0 radical (unpaired) electrons. The highest BCUT2D eigenvalue weighted by molar-refractivity contribution is 9.10. The van der Waals surface area contributed by atoms with E-state index in [9.17, 15) is 13.2 Å². The molecule has 8 heteroatoms. The zero-order valence-electron chi connectivity index (χ0n) is 13.1. The van der Waals surface area contributed by atoms with Crippen molar-refractivity contribution in [1.82, 2.24) is 4.98 Å². The van der Waals surface area contributed by atoms with Crippen molar-refractivity contribution in [2.75, 3.05) is 5.32 Å². The highest BCUT2D eigenvalue weighted by atomic mass is 79.9. The summed E-state index contributed by atoms with van der Waals surface area (Å²) < 4.78 is 31.1. The quantitative estimate of drug-likeness (QED) is 0.692. The lowest BCUT2D eigenvalue weighted by Gasteiger charge is -2.03. The van der Waals surface area contributed by atoms with Crippen LogP contribution in [-0.4, -0.2) is 19.3 Å². The normalized spacial score (nSPS) is 11.3. The number of sulfone groups is 1. The average Bonchev–Trinajstić information content (AvgIpc) is 3.06. The maximum absolute atomic E-state index is 12.5. The Hall–Kier alpha value is -2.45. The van der Waals surface area contributed by atoms with E-state index in [4.69, 9.17) is 4.42 Å². The summed E-state index contributed by atoms with van der Waals surface area (Å²) in [5.74, 6) is -0.326. The number of aromatic nitrogens is 1. The van der Waals surface area contributed by atoms with Gasteiger partial charge < -0.3 is 9.73 Å². The van der Waals surface area contributed by atoms with Gasteiger partial charge in [-0.2, -0.15) is 0 Å². The van der Waals surface area contributed by atoms with Gasteiger partial charge in [-0.05, 0) is 55.5 Å². The van der Waals surface area contributed by atoms with Crippen LogP contribution in [0, 0.1) is 6.92 Å². The molecule has 0 aliphatic heterocycles. The molecule has 0 aliphatic carbocycles. The number of pyridine rings is 1. The number of nitrogens with zero attached hydrogens (tertiary/aromatic N) is 1. The predicted octanol–water partition coefficient (Wildman–Crippen LogP) is 3.83. The Morgan fingerprint density at radius 1 is 1.08 bits per heavy atom. The largest absolute Gasteiger partial charge is 0.439 e. The molecule has 0 saturated heterocycles. The fourth-order valence-electron chi connectivity index (χ4n) is 2.11. The zero-order valence-corrected chi connectivity index (χ0v) is 15.5. The first-order valence-electron chi connectivity index (χ1n) is 7.22. The van der Waals surface area contributed by atoms with Gasteiger partial charge >= 0.3 is 0 Å². The van der Waals surface area contributed by atoms with Crippen molar-refractivity contribution in [3.05, 3.63) is 70.5 Å². The minimum atomic E-state index is -3.83. The van der Waals surface area contributed by atoms with Crippen LogP contribution < -0.4 is 5.32 Å². The average molecular weight is 421 g/mol. The van der Waals surface area contributed by atoms with Crippen LogP contribution >= 0.6 is 15.9 Å². The van der Waals surface area contributed by atoms with Crippen LogP contribution in [0.4, 0.5) is 5.82 Å². The van der Waals surface area contributed by atoms with Crippen molar-refractivity contribution in [2.45, 2.75) is 16.9 Å². The lowest BCUT2D eigenvalue weighted by molar-refractivity contribution is 0.0991. The van der Waals surface area contributed by atoms with E-state index in [0.717, 1.165) is 10.2 Å². The van der Waals surface area contributed by atoms with Gasteiger partial charge in [0, 0.05) is 10.2 Å². The van der Waals surface area contributed by atoms with Crippen LogP contribution in [0.3, 0.4) is 0 Å². The summed E-state index contributed by atoms with van der Waals surface area (Å²) in [7, 11) is -3.83. The van der Waals surface area contributed by atoms with Crippen LogP contribution in [-0.2, 0) is 9.84 Å². The number of benzene rings is 1. The van der Waals surface area contributed by atoms with Gasteiger partial charge in [0.1, 0.15) is 5.82 Å². The number of halogens is 1. The number of furan rings is 1. The van der Waals surface area contributed by atoms with E-state index in [1.165, 1.54) is 24.3 Å². The van der Waals surface area contributed by atoms with Gasteiger partial charge in [-0.1, -0.05) is 22.0 Å². The summed E-state index contributed by atoms with van der Waals surface area (Å²) in [6, 6.07) is 13.9. The molecular formula is C17H13BrN2O4S. The number of rotatable bonds is 4. The Balaban J connectivity index is 1.84. The van der Waals surface area contributed by atoms with Crippen molar-refractivity contribution >= 4 is 37.5 Å². The van der Waals surface area contributed by atoms with Crippen molar-refractivity contribution in [1.29, 1.82) is 0 Å². The maximum Gasteiger partial charge on any atom is 0.292 e. The Bertz CT molecular complexity index is 1030. The number of carbonyl (C=O) groups is 1. The molecule has 0 fully saturated rings. The van der Waals surface area contributed by atoms with Gasteiger partial charge in [0.05, 0.1) is 4.90 Å².